The first-order chi connectivity index (χ1) is 13.2. The van der Waals surface area contributed by atoms with Gasteiger partial charge >= 0.3 is 5.97 Å². The van der Waals surface area contributed by atoms with E-state index in [1.165, 1.54) is 15.8 Å². The lowest BCUT2D eigenvalue weighted by atomic mass is 9.97. The van der Waals surface area contributed by atoms with E-state index in [9.17, 15) is 9.59 Å². The summed E-state index contributed by atoms with van der Waals surface area (Å²) in [6.45, 7) is 2.31. The molecule has 27 heavy (non-hydrogen) atoms. The Morgan fingerprint density at radius 2 is 1.93 bits per heavy atom. The van der Waals surface area contributed by atoms with E-state index < -0.39 is 5.97 Å². The van der Waals surface area contributed by atoms with Gasteiger partial charge in [0.25, 0.3) is 5.56 Å². The molecule has 0 atom stereocenters. The molecule has 6 nitrogen and oxygen atoms in total. The predicted octanol–water partition coefficient (Wildman–Crippen LogP) is 3.34. The number of hydrogen-bond acceptors (Lipinski definition) is 6. The van der Waals surface area contributed by atoms with E-state index in [4.69, 9.17) is 9.47 Å². The summed E-state index contributed by atoms with van der Waals surface area (Å²) in [5.41, 5.74) is 0.955. The number of aryl methyl sites for hydroxylation is 2. The fraction of sp³-hybridized carbons (Fsp3) is 0.350. The second-order valence-corrected chi connectivity index (χ2v) is 7.53. The number of ether oxygens (including phenoxy) is 2. The van der Waals surface area contributed by atoms with Crippen LogP contribution in [-0.4, -0.2) is 22.1 Å². The predicted molar refractivity (Wildman–Crippen MR) is 104 cm³/mol. The van der Waals surface area contributed by atoms with Gasteiger partial charge in [-0.1, -0.05) is 0 Å². The summed E-state index contributed by atoms with van der Waals surface area (Å²) in [7, 11) is 0. The molecule has 1 aliphatic rings. The molecule has 1 aromatic carbocycles. The van der Waals surface area contributed by atoms with Gasteiger partial charge in [0.15, 0.2) is 0 Å². The van der Waals surface area contributed by atoms with Crippen LogP contribution < -0.4 is 15.0 Å². The van der Waals surface area contributed by atoms with Gasteiger partial charge in [-0.05, 0) is 62.4 Å². The molecule has 0 fully saturated rings. The van der Waals surface area contributed by atoms with Crippen LogP contribution in [0.4, 0.5) is 0 Å². The first kappa shape index (κ1) is 17.7. The lowest BCUT2D eigenvalue weighted by molar-refractivity contribution is -0.135. The van der Waals surface area contributed by atoms with Crippen molar-refractivity contribution in [2.24, 2.45) is 0 Å². The molecular weight excluding hydrogens is 364 g/mol. The number of fused-ring (bicyclic) bond motifs is 3. The molecule has 0 N–H and O–H groups in total. The van der Waals surface area contributed by atoms with Crippen LogP contribution in [0, 0.1) is 0 Å². The van der Waals surface area contributed by atoms with Gasteiger partial charge in [0.2, 0.25) is 0 Å². The highest BCUT2D eigenvalue weighted by atomic mass is 32.1. The first-order valence-electron chi connectivity index (χ1n) is 9.09. The van der Waals surface area contributed by atoms with Crippen LogP contribution >= 0.6 is 11.3 Å². The van der Waals surface area contributed by atoms with Crippen LogP contribution in [0.1, 0.15) is 30.2 Å². The van der Waals surface area contributed by atoms with Gasteiger partial charge in [0, 0.05) is 4.88 Å². The van der Waals surface area contributed by atoms with Crippen LogP contribution in [-0.2, 0) is 24.2 Å². The topological polar surface area (TPSA) is 70.4 Å². The normalized spacial score (nSPS) is 13.4. The molecule has 0 bridgehead atoms. The van der Waals surface area contributed by atoms with Crippen LogP contribution in [0.2, 0.25) is 0 Å². The molecule has 2 heterocycles. The molecule has 0 amide bonds. The number of hydrogen-bond donors (Lipinski definition) is 0. The maximum Gasteiger partial charge on any atom is 0.331 e. The number of thiophene rings is 1. The maximum atomic E-state index is 12.9. The van der Waals surface area contributed by atoms with Gasteiger partial charge in [0.1, 0.15) is 22.9 Å². The summed E-state index contributed by atoms with van der Waals surface area (Å²) < 4.78 is 12.0. The van der Waals surface area contributed by atoms with Crippen LogP contribution in [0.3, 0.4) is 0 Å². The van der Waals surface area contributed by atoms with E-state index >= 15 is 0 Å². The highest BCUT2D eigenvalue weighted by Crippen LogP contribution is 2.33. The Kier molecular flexibility index (Phi) is 4.94. The SMILES string of the molecule is CCOc1ccc(OC(=O)Cn2cnc3sc4c(c3c2=O)CCCC4)cc1. The molecule has 7 heteroatoms. The molecule has 4 rings (SSSR count). The van der Waals surface area contributed by atoms with E-state index in [1.54, 1.807) is 35.6 Å². The summed E-state index contributed by atoms with van der Waals surface area (Å²) >= 11 is 1.60. The third-order valence-electron chi connectivity index (χ3n) is 4.61. The third-order valence-corrected chi connectivity index (χ3v) is 5.81. The number of benzene rings is 1. The fourth-order valence-electron chi connectivity index (χ4n) is 3.37. The average Bonchev–Trinajstić information content (AvgIpc) is 3.05. The number of esters is 1. The highest BCUT2D eigenvalue weighted by molar-refractivity contribution is 7.18. The van der Waals surface area contributed by atoms with Crippen molar-refractivity contribution in [1.29, 1.82) is 0 Å². The minimum Gasteiger partial charge on any atom is -0.494 e. The zero-order valence-corrected chi connectivity index (χ0v) is 15.9. The van der Waals surface area contributed by atoms with Gasteiger partial charge in [-0.3, -0.25) is 9.36 Å². The molecule has 0 saturated carbocycles. The number of rotatable bonds is 5. The molecule has 2 aromatic heterocycles. The van der Waals surface area contributed by atoms with Crippen molar-refractivity contribution < 1.29 is 14.3 Å². The monoisotopic (exact) mass is 384 g/mol. The molecule has 0 spiro atoms. The quantitative estimate of drug-likeness (QED) is 0.498. The highest BCUT2D eigenvalue weighted by Gasteiger charge is 2.20. The van der Waals surface area contributed by atoms with Crippen molar-refractivity contribution >= 4 is 27.5 Å². The van der Waals surface area contributed by atoms with Crippen molar-refractivity contribution in [1.82, 2.24) is 9.55 Å². The second kappa shape index (κ2) is 7.52. The van der Waals surface area contributed by atoms with E-state index in [-0.39, 0.29) is 12.1 Å². The first-order valence-corrected chi connectivity index (χ1v) is 9.90. The largest absolute Gasteiger partial charge is 0.494 e. The summed E-state index contributed by atoms with van der Waals surface area (Å²) in [6, 6.07) is 6.82. The van der Waals surface area contributed by atoms with Crippen LogP contribution in [0.25, 0.3) is 10.2 Å². The van der Waals surface area contributed by atoms with Crippen molar-refractivity contribution in [3.8, 4) is 11.5 Å². The zero-order valence-electron chi connectivity index (χ0n) is 15.1. The molecule has 1 aliphatic carbocycles. The zero-order chi connectivity index (χ0) is 18.8. The van der Waals surface area contributed by atoms with Crippen molar-refractivity contribution in [3.05, 3.63) is 51.4 Å². The van der Waals surface area contributed by atoms with Gasteiger partial charge in [-0.25, -0.2) is 9.78 Å². The summed E-state index contributed by atoms with van der Waals surface area (Å²) in [6.07, 6.45) is 5.60. The summed E-state index contributed by atoms with van der Waals surface area (Å²) in [4.78, 5) is 31.6. The van der Waals surface area contributed by atoms with Gasteiger partial charge in [-0.2, -0.15) is 0 Å². The second-order valence-electron chi connectivity index (χ2n) is 6.45. The third kappa shape index (κ3) is 3.60. The Labute approximate surface area is 160 Å². The number of aromatic nitrogens is 2. The van der Waals surface area contributed by atoms with E-state index in [2.05, 4.69) is 4.98 Å². The molecular formula is C20H20N2O4S. The molecule has 0 radical (unpaired) electrons. The average molecular weight is 384 g/mol. The van der Waals surface area contributed by atoms with E-state index in [0.29, 0.717) is 23.5 Å². The van der Waals surface area contributed by atoms with Gasteiger partial charge in [0.05, 0.1) is 18.3 Å². The Morgan fingerprint density at radius 1 is 1.19 bits per heavy atom. The molecule has 0 aliphatic heterocycles. The Balaban J connectivity index is 1.53. The van der Waals surface area contributed by atoms with E-state index in [1.807, 2.05) is 6.92 Å². The van der Waals surface area contributed by atoms with Crippen LogP contribution in [0.5, 0.6) is 11.5 Å². The number of carbonyl (C=O) groups is 1. The molecule has 0 unspecified atom stereocenters. The van der Waals surface area contributed by atoms with Crippen molar-refractivity contribution in [2.75, 3.05) is 6.61 Å². The number of nitrogens with zero attached hydrogens (tertiary/aromatic N) is 2. The summed E-state index contributed by atoms with van der Waals surface area (Å²) in [5.74, 6) is 0.621. The van der Waals surface area contributed by atoms with Crippen molar-refractivity contribution in [2.45, 2.75) is 39.2 Å². The minimum atomic E-state index is -0.508. The minimum absolute atomic E-state index is 0.164. The molecule has 3 aromatic rings. The lowest BCUT2D eigenvalue weighted by Crippen LogP contribution is -2.27. The maximum absolute atomic E-state index is 12.9. The Hall–Kier alpha value is -2.67. The smallest absolute Gasteiger partial charge is 0.331 e. The van der Waals surface area contributed by atoms with Gasteiger partial charge in [-0.15, -0.1) is 11.3 Å². The lowest BCUT2D eigenvalue weighted by Gasteiger charge is -2.10. The van der Waals surface area contributed by atoms with Crippen LogP contribution in [0.15, 0.2) is 35.4 Å². The standard InChI is InChI=1S/C20H20N2O4S/c1-2-25-13-7-9-14(10-8-13)26-17(23)11-22-12-21-19-18(20(22)24)15-5-3-4-6-16(15)27-19/h7-10,12H,2-6,11H2,1H3. The Bertz CT molecular complexity index is 1040. The number of carbonyl (C=O) groups excluding carboxylic acids is 1. The van der Waals surface area contributed by atoms with E-state index in [0.717, 1.165) is 36.1 Å². The molecule has 140 valence electrons. The van der Waals surface area contributed by atoms with Crippen molar-refractivity contribution in [3.63, 3.8) is 0 Å². The van der Waals surface area contributed by atoms with Gasteiger partial charge < -0.3 is 9.47 Å². The summed E-state index contributed by atoms with van der Waals surface area (Å²) in [5, 5.41) is 0.672. The molecule has 0 saturated heterocycles. The Morgan fingerprint density at radius 3 is 2.70 bits per heavy atom. The fourth-order valence-corrected chi connectivity index (χ4v) is 4.59.